The van der Waals surface area contributed by atoms with Gasteiger partial charge in [-0.3, -0.25) is 4.79 Å². The summed E-state index contributed by atoms with van der Waals surface area (Å²) in [5, 5.41) is 12.4. The molecule has 5 nitrogen and oxygen atoms in total. The van der Waals surface area contributed by atoms with Gasteiger partial charge in [-0.15, -0.1) is 0 Å². The van der Waals surface area contributed by atoms with Gasteiger partial charge in [-0.25, -0.2) is 4.98 Å². The first-order chi connectivity index (χ1) is 8.65. The lowest BCUT2D eigenvalue weighted by atomic mass is 9.91. The van der Waals surface area contributed by atoms with Gasteiger partial charge in [-0.05, 0) is 40.9 Å². The molecule has 1 aromatic heterocycles. The zero-order chi connectivity index (χ0) is 13.0. The van der Waals surface area contributed by atoms with Crippen molar-refractivity contribution in [3.05, 3.63) is 28.5 Å². The maximum absolute atomic E-state index is 12.1. The molecule has 0 radical (unpaired) electrons. The SMILES string of the molecule is O=C(NC1(CO)CCOCC1)c1cccc(Br)n1. The van der Waals surface area contributed by atoms with Crippen LogP contribution in [-0.4, -0.2) is 41.4 Å². The topological polar surface area (TPSA) is 71.5 Å². The monoisotopic (exact) mass is 314 g/mol. The largest absolute Gasteiger partial charge is 0.394 e. The molecule has 1 amide bonds. The number of hydrogen-bond donors (Lipinski definition) is 2. The van der Waals surface area contributed by atoms with Crippen LogP contribution in [0.2, 0.25) is 0 Å². The molecule has 1 aliphatic heterocycles. The van der Waals surface area contributed by atoms with Crippen LogP contribution >= 0.6 is 15.9 Å². The van der Waals surface area contributed by atoms with Crippen molar-refractivity contribution in [2.75, 3.05) is 19.8 Å². The molecule has 0 aromatic carbocycles. The highest BCUT2D eigenvalue weighted by molar-refractivity contribution is 9.10. The Balaban J connectivity index is 2.10. The predicted molar refractivity (Wildman–Crippen MR) is 69.3 cm³/mol. The fourth-order valence-corrected chi connectivity index (χ4v) is 2.27. The smallest absolute Gasteiger partial charge is 0.270 e. The Kier molecular flexibility index (Phi) is 4.31. The minimum Gasteiger partial charge on any atom is -0.394 e. The lowest BCUT2D eigenvalue weighted by Gasteiger charge is -2.36. The number of halogens is 1. The molecule has 1 saturated heterocycles. The Labute approximate surface area is 114 Å². The molecule has 2 heterocycles. The lowest BCUT2D eigenvalue weighted by molar-refractivity contribution is 0.0124. The van der Waals surface area contributed by atoms with Gasteiger partial charge in [0.1, 0.15) is 10.3 Å². The highest BCUT2D eigenvalue weighted by Crippen LogP contribution is 2.20. The van der Waals surface area contributed by atoms with Crippen molar-refractivity contribution < 1.29 is 14.6 Å². The number of ether oxygens (including phenoxy) is 1. The molecule has 18 heavy (non-hydrogen) atoms. The zero-order valence-electron chi connectivity index (χ0n) is 9.86. The molecule has 0 atom stereocenters. The molecule has 0 unspecified atom stereocenters. The Hall–Kier alpha value is -0.980. The van der Waals surface area contributed by atoms with Crippen LogP contribution in [0.5, 0.6) is 0 Å². The van der Waals surface area contributed by atoms with Crippen molar-refractivity contribution in [2.45, 2.75) is 18.4 Å². The number of pyridine rings is 1. The van der Waals surface area contributed by atoms with Gasteiger partial charge in [0.25, 0.3) is 5.91 Å². The molecular formula is C12H15BrN2O3. The molecule has 0 aliphatic carbocycles. The maximum atomic E-state index is 12.1. The third-order valence-corrected chi connectivity index (χ3v) is 3.52. The van der Waals surface area contributed by atoms with Crippen molar-refractivity contribution in [1.82, 2.24) is 10.3 Å². The van der Waals surface area contributed by atoms with E-state index < -0.39 is 5.54 Å². The first kappa shape index (κ1) is 13.5. The standard InChI is InChI=1S/C12H15BrN2O3/c13-10-3-1-2-9(14-10)11(17)15-12(8-16)4-6-18-7-5-12/h1-3,16H,4-8H2,(H,15,17). The highest BCUT2D eigenvalue weighted by atomic mass is 79.9. The van der Waals surface area contributed by atoms with Gasteiger partial charge in [0, 0.05) is 13.2 Å². The molecule has 1 aliphatic rings. The average molecular weight is 315 g/mol. The van der Waals surface area contributed by atoms with Crippen molar-refractivity contribution >= 4 is 21.8 Å². The molecule has 0 spiro atoms. The summed E-state index contributed by atoms with van der Waals surface area (Å²) < 4.78 is 5.86. The van der Waals surface area contributed by atoms with Crippen molar-refractivity contribution in [3.63, 3.8) is 0 Å². The van der Waals surface area contributed by atoms with E-state index in [2.05, 4.69) is 26.2 Å². The van der Waals surface area contributed by atoms with Crippen LogP contribution in [0.1, 0.15) is 23.3 Å². The molecule has 0 bridgehead atoms. The summed E-state index contributed by atoms with van der Waals surface area (Å²) in [6.45, 7) is 1.01. The maximum Gasteiger partial charge on any atom is 0.270 e. The van der Waals surface area contributed by atoms with Gasteiger partial charge in [0.2, 0.25) is 0 Å². The number of aliphatic hydroxyl groups excluding tert-OH is 1. The molecular weight excluding hydrogens is 300 g/mol. The number of amides is 1. The van der Waals surface area contributed by atoms with Crippen LogP contribution in [0.15, 0.2) is 22.8 Å². The highest BCUT2D eigenvalue weighted by Gasteiger charge is 2.34. The van der Waals surface area contributed by atoms with E-state index in [0.29, 0.717) is 36.4 Å². The number of hydrogen-bond acceptors (Lipinski definition) is 4. The van der Waals surface area contributed by atoms with Crippen molar-refractivity contribution in [3.8, 4) is 0 Å². The Bertz CT molecular complexity index is 433. The predicted octanol–water partition coefficient (Wildman–Crippen LogP) is 1.12. The second kappa shape index (κ2) is 5.77. The second-order valence-electron chi connectivity index (χ2n) is 4.35. The quantitative estimate of drug-likeness (QED) is 0.820. The van der Waals surface area contributed by atoms with Crippen LogP contribution in [0, 0.1) is 0 Å². The zero-order valence-corrected chi connectivity index (χ0v) is 11.4. The normalized spacial score (nSPS) is 18.3. The minimum atomic E-state index is -0.584. The molecule has 2 N–H and O–H groups in total. The van der Waals surface area contributed by atoms with E-state index in [9.17, 15) is 9.90 Å². The first-order valence-corrected chi connectivity index (χ1v) is 6.58. The van der Waals surface area contributed by atoms with Crippen LogP contribution < -0.4 is 5.32 Å². The molecule has 1 aromatic rings. The van der Waals surface area contributed by atoms with E-state index in [1.165, 1.54) is 0 Å². The van der Waals surface area contributed by atoms with E-state index >= 15 is 0 Å². The molecule has 2 rings (SSSR count). The lowest BCUT2D eigenvalue weighted by Crippen LogP contribution is -2.54. The molecule has 6 heteroatoms. The summed E-state index contributed by atoms with van der Waals surface area (Å²) in [5.74, 6) is -0.271. The summed E-state index contributed by atoms with van der Waals surface area (Å²) in [7, 11) is 0. The van der Waals surface area contributed by atoms with Gasteiger partial charge in [-0.2, -0.15) is 0 Å². The van der Waals surface area contributed by atoms with E-state index in [1.807, 2.05) is 0 Å². The minimum absolute atomic E-state index is 0.0872. The van der Waals surface area contributed by atoms with E-state index in [-0.39, 0.29) is 12.5 Å². The van der Waals surface area contributed by atoms with Gasteiger partial charge >= 0.3 is 0 Å². The Morgan fingerprint density at radius 3 is 2.83 bits per heavy atom. The third-order valence-electron chi connectivity index (χ3n) is 3.08. The fourth-order valence-electron chi connectivity index (χ4n) is 1.92. The summed E-state index contributed by atoms with van der Waals surface area (Å²) in [6.07, 6.45) is 1.23. The first-order valence-electron chi connectivity index (χ1n) is 5.79. The number of aromatic nitrogens is 1. The third kappa shape index (κ3) is 3.07. The number of aliphatic hydroxyl groups is 1. The number of rotatable bonds is 3. The number of nitrogens with zero attached hydrogens (tertiary/aromatic N) is 1. The van der Waals surface area contributed by atoms with E-state index in [1.54, 1.807) is 18.2 Å². The Morgan fingerprint density at radius 2 is 2.22 bits per heavy atom. The number of nitrogens with one attached hydrogen (secondary N) is 1. The second-order valence-corrected chi connectivity index (χ2v) is 5.16. The molecule has 98 valence electrons. The van der Waals surface area contributed by atoms with Gasteiger partial charge in [0.05, 0.1) is 12.1 Å². The number of carbonyl (C=O) groups excluding carboxylic acids is 1. The Morgan fingerprint density at radius 1 is 1.50 bits per heavy atom. The molecule has 1 fully saturated rings. The molecule has 0 saturated carbocycles. The summed E-state index contributed by atoms with van der Waals surface area (Å²) >= 11 is 3.23. The summed E-state index contributed by atoms with van der Waals surface area (Å²) in [5.41, 5.74) is -0.247. The number of carbonyl (C=O) groups is 1. The van der Waals surface area contributed by atoms with Gasteiger partial charge in [0.15, 0.2) is 0 Å². The van der Waals surface area contributed by atoms with Crippen LogP contribution in [-0.2, 0) is 4.74 Å². The average Bonchev–Trinajstić information content (AvgIpc) is 2.40. The summed E-state index contributed by atoms with van der Waals surface area (Å²) in [4.78, 5) is 16.2. The van der Waals surface area contributed by atoms with E-state index in [4.69, 9.17) is 4.74 Å². The van der Waals surface area contributed by atoms with Crippen molar-refractivity contribution in [1.29, 1.82) is 0 Å². The van der Waals surface area contributed by atoms with Crippen LogP contribution in [0.4, 0.5) is 0 Å². The van der Waals surface area contributed by atoms with Gasteiger partial charge in [-0.1, -0.05) is 6.07 Å². The van der Waals surface area contributed by atoms with Crippen LogP contribution in [0.25, 0.3) is 0 Å². The van der Waals surface area contributed by atoms with E-state index in [0.717, 1.165) is 0 Å². The fraction of sp³-hybridized carbons (Fsp3) is 0.500. The van der Waals surface area contributed by atoms with Crippen molar-refractivity contribution in [2.24, 2.45) is 0 Å². The van der Waals surface area contributed by atoms with Gasteiger partial charge < -0.3 is 15.2 Å². The summed E-state index contributed by atoms with van der Waals surface area (Å²) in [6, 6.07) is 5.15. The van der Waals surface area contributed by atoms with Crippen LogP contribution in [0.3, 0.4) is 0 Å².